The lowest BCUT2D eigenvalue weighted by Gasteiger charge is -2.09. The van der Waals surface area contributed by atoms with Gasteiger partial charge in [0, 0.05) is 10.7 Å². The van der Waals surface area contributed by atoms with Gasteiger partial charge in [0.25, 0.3) is 0 Å². The number of pyridine rings is 1. The van der Waals surface area contributed by atoms with Crippen molar-refractivity contribution >= 4 is 47.8 Å². The summed E-state index contributed by atoms with van der Waals surface area (Å²) in [5.41, 5.74) is 1.17. The van der Waals surface area contributed by atoms with Crippen LogP contribution in [0.5, 0.6) is 11.6 Å². The number of halogens is 3. The Balaban J connectivity index is 2.31. The third-order valence-electron chi connectivity index (χ3n) is 2.07. The van der Waals surface area contributed by atoms with Gasteiger partial charge in [-0.1, -0.05) is 6.07 Å². The summed E-state index contributed by atoms with van der Waals surface area (Å²) in [6, 6.07) is 7.80. The van der Waals surface area contributed by atoms with E-state index < -0.39 is 0 Å². The Labute approximate surface area is 125 Å². The van der Waals surface area contributed by atoms with Crippen LogP contribution >= 0.6 is 47.8 Å². The zero-order valence-electron chi connectivity index (χ0n) is 8.88. The van der Waals surface area contributed by atoms with Gasteiger partial charge in [-0.2, -0.15) is 0 Å². The van der Waals surface area contributed by atoms with Gasteiger partial charge in [0.15, 0.2) is 0 Å². The Morgan fingerprint density at radius 3 is 2.47 bits per heavy atom. The van der Waals surface area contributed by atoms with Crippen molar-refractivity contribution in [2.24, 2.45) is 0 Å². The first-order valence-electron chi connectivity index (χ1n) is 4.81. The molecule has 88 valence electrons. The first-order valence-corrected chi connectivity index (χ1v) is 7.19. The van der Waals surface area contributed by atoms with Crippen LogP contribution in [0.15, 0.2) is 43.9 Å². The van der Waals surface area contributed by atoms with E-state index in [1.807, 2.05) is 31.2 Å². The third-order valence-corrected chi connectivity index (χ3v) is 3.69. The molecule has 0 aliphatic heterocycles. The molecule has 0 atom stereocenters. The smallest absolute Gasteiger partial charge is 0.233 e. The highest BCUT2D eigenvalue weighted by Crippen LogP contribution is 2.33. The summed E-state index contributed by atoms with van der Waals surface area (Å²) < 4.78 is 8.34. The van der Waals surface area contributed by atoms with Crippen molar-refractivity contribution < 1.29 is 4.74 Å². The molecule has 1 aromatic heterocycles. The standard InChI is InChI=1S/C12H8Br3NO/c1-7-2-3-11(9(14)4-7)17-12-10(15)5-8(13)6-16-12/h2-6H,1H3. The molecule has 0 bridgehead atoms. The van der Waals surface area contributed by atoms with Crippen molar-refractivity contribution in [1.29, 1.82) is 0 Å². The lowest BCUT2D eigenvalue weighted by molar-refractivity contribution is 0.456. The highest BCUT2D eigenvalue weighted by molar-refractivity contribution is 9.11. The van der Waals surface area contributed by atoms with Crippen LogP contribution in [0.1, 0.15) is 5.56 Å². The first-order chi connectivity index (χ1) is 8.06. The van der Waals surface area contributed by atoms with Crippen LogP contribution in [0.4, 0.5) is 0 Å². The lowest BCUT2D eigenvalue weighted by atomic mass is 10.2. The van der Waals surface area contributed by atoms with Gasteiger partial charge >= 0.3 is 0 Å². The number of rotatable bonds is 2. The Kier molecular flexibility index (Phi) is 4.22. The summed E-state index contributed by atoms with van der Waals surface area (Å²) in [5.74, 6) is 1.28. The maximum atomic E-state index is 5.72. The van der Waals surface area contributed by atoms with E-state index in [4.69, 9.17) is 4.74 Å². The summed E-state index contributed by atoms with van der Waals surface area (Å²) in [4.78, 5) is 4.20. The zero-order chi connectivity index (χ0) is 12.4. The molecular weight excluding hydrogens is 414 g/mol. The number of ether oxygens (including phenoxy) is 1. The number of nitrogens with zero attached hydrogens (tertiary/aromatic N) is 1. The van der Waals surface area contributed by atoms with Gasteiger partial charge < -0.3 is 4.74 Å². The number of aryl methyl sites for hydroxylation is 1. The SMILES string of the molecule is Cc1ccc(Oc2ncc(Br)cc2Br)c(Br)c1. The van der Waals surface area contributed by atoms with E-state index in [9.17, 15) is 0 Å². The molecule has 5 heteroatoms. The van der Waals surface area contributed by atoms with E-state index in [1.165, 1.54) is 5.56 Å². The molecule has 1 aromatic carbocycles. The molecule has 1 heterocycles. The molecule has 0 fully saturated rings. The molecule has 0 radical (unpaired) electrons. The summed E-state index contributed by atoms with van der Waals surface area (Å²) in [6.07, 6.45) is 1.70. The topological polar surface area (TPSA) is 22.1 Å². The Morgan fingerprint density at radius 1 is 1.06 bits per heavy atom. The van der Waals surface area contributed by atoms with Crippen LogP contribution in [0.2, 0.25) is 0 Å². The minimum absolute atomic E-state index is 0.540. The van der Waals surface area contributed by atoms with E-state index in [2.05, 4.69) is 52.8 Å². The molecule has 2 aromatic rings. The maximum Gasteiger partial charge on any atom is 0.233 e. The van der Waals surface area contributed by atoms with Crippen LogP contribution in [-0.4, -0.2) is 4.98 Å². The van der Waals surface area contributed by atoms with E-state index in [-0.39, 0.29) is 0 Å². The van der Waals surface area contributed by atoms with Crippen molar-refractivity contribution in [3.63, 3.8) is 0 Å². The van der Waals surface area contributed by atoms with Gasteiger partial charge in [-0.05, 0) is 78.5 Å². The van der Waals surface area contributed by atoms with Crippen LogP contribution in [0.25, 0.3) is 0 Å². The highest BCUT2D eigenvalue weighted by atomic mass is 79.9. The van der Waals surface area contributed by atoms with E-state index in [0.717, 1.165) is 19.2 Å². The molecule has 2 rings (SSSR count). The molecule has 0 aliphatic carbocycles. The molecule has 0 amide bonds. The highest BCUT2D eigenvalue weighted by Gasteiger charge is 2.07. The second-order valence-electron chi connectivity index (χ2n) is 3.48. The number of benzene rings is 1. The predicted molar refractivity (Wildman–Crippen MR) is 78.6 cm³/mol. The van der Waals surface area contributed by atoms with Gasteiger partial charge in [-0.25, -0.2) is 4.98 Å². The van der Waals surface area contributed by atoms with Crippen molar-refractivity contribution in [1.82, 2.24) is 4.98 Å². The fourth-order valence-electron chi connectivity index (χ4n) is 1.27. The number of hydrogen-bond acceptors (Lipinski definition) is 2. The minimum Gasteiger partial charge on any atom is -0.437 e. The van der Waals surface area contributed by atoms with Crippen LogP contribution in [0, 0.1) is 6.92 Å². The molecule has 0 spiro atoms. The first kappa shape index (κ1) is 13.1. The Hall–Kier alpha value is -0.390. The largest absolute Gasteiger partial charge is 0.437 e. The van der Waals surface area contributed by atoms with Crippen LogP contribution in [0.3, 0.4) is 0 Å². The summed E-state index contributed by atoms with van der Waals surface area (Å²) in [5, 5.41) is 0. The maximum absolute atomic E-state index is 5.72. The molecule has 0 unspecified atom stereocenters. The monoisotopic (exact) mass is 419 g/mol. The van der Waals surface area contributed by atoms with Crippen molar-refractivity contribution in [3.05, 3.63) is 49.4 Å². The molecule has 17 heavy (non-hydrogen) atoms. The fraction of sp³-hybridized carbons (Fsp3) is 0.0833. The van der Waals surface area contributed by atoms with Crippen LogP contribution in [-0.2, 0) is 0 Å². The van der Waals surface area contributed by atoms with Crippen molar-refractivity contribution in [2.45, 2.75) is 6.92 Å². The summed E-state index contributed by atoms with van der Waals surface area (Å²) in [7, 11) is 0. The minimum atomic E-state index is 0.540. The predicted octanol–water partition coefficient (Wildman–Crippen LogP) is 5.47. The van der Waals surface area contributed by atoms with Gasteiger partial charge in [0.05, 0.1) is 8.95 Å². The Morgan fingerprint density at radius 2 is 1.82 bits per heavy atom. The molecule has 0 saturated carbocycles. The van der Waals surface area contributed by atoms with Crippen molar-refractivity contribution in [3.8, 4) is 11.6 Å². The Bertz CT molecular complexity index is 508. The van der Waals surface area contributed by atoms with E-state index in [0.29, 0.717) is 5.88 Å². The normalized spacial score (nSPS) is 10.4. The van der Waals surface area contributed by atoms with Crippen molar-refractivity contribution in [2.75, 3.05) is 0 Å². The number of hydrogen-bond donors (Lipinski definition) is 0. The average Bonchev–Trinajstić information content (AvgIpc) is 2.25. The number of aromatic nitrogens is 1. The summed E-state index contributed by atoms with van der Waals surface area (Å²) >= 11 is 10.2. The molecule has 0 aliphatic rings. The van der Waals surface area contributed by atoms with Crippen LogP contribution < -0.4 is 4.74 Å². The second-order valence-corrected chi connectivity index (χ2v) is 6.10. The molecule has 0 N–H and O–H groups in total. The van der Waals surface area contributed by atoms with Gasteiger partial charge in [0.2, 0.25) is 5.88 Å². The summed E-state index contributed by atoms with van der Waals surface area (Å²) in [6.45, 7) is 2.03. The van der Waals surface area contributed by atoms with E-state index >= 15 is 0 Å². The van der Waals surface area contributed by atoms with Gasteiger partial charge in [0.1, 0.15) is 5.75 Å². The second kappa shape index (κ2) is 5.50. The lowest BCUT2D eigenvalue weighted by Crippen LogP contribution is -1.90. The molecule has 0 saturated heterocycles. The quantitative estimate of drug-likeness (QED) is 0.641. The zero-order valence-corrected chi connectivity index (χ0v) is 13.6. The third kappa shape index (κ3) is 3.30. The van der Waals surface area contributed by atoms with Gasteiger partial charge in [-0.3, -0.25) is 0 Å². The van der Waals surface area contributed by atoms with Gasteiger partial charge in [-0.15, -0.1) is 0 Å². The average molecular weight is 422 g/mol. The fourth-order valence-corrected chi connectivity index (χ4v) is 2.91. The molecule has 2 nitrogen and oxygen atoms in total. The molecular formula is C12H8Br3NO. The van der Waals surface area contributed by atoms with E-state index in [1.54, 1.807) is 6.20 Å².